The van der Waals surface area contributed by atoms with Crippen molar-refractivity contribution >= 4 is 17.4 Å². The van der Waals surface area contributed by atoms with Crippen molar-refractivity contribution < 1.29 is 4.74 Å². The molecule has 1 N–H and O–H groups in total. The summed E-state index contributed by atoms with van der Waals surface area (Å²) in [7, 11) is 0. The highest BCUT2D eigenvalue weighted by atomic mass is 35.5. The van der Waals surface area contributed by atoms with E-state index in [9.17, 15) is 0 Å². The van der Waals surface area contributed by atoms with E-state index in [-0.39, 0.29) is 12.2 Å². The number of halogens is 1. The fraction of sp³-hybridized carbons (Fsp3) is 0.667. The first-order chi connectivity index (χ1) is 9.60. The second kappa shape index (κ2) is 7.25. The lowest BCUT2D eigenvalue weighted by atomic mass is 10.2. The normalized spacial score (nSPS) is 23.1. The molecule has 0 unspecified atom stereocenters. The fourth-order valence-corrected chi connectivity index (χ4v) is 2.71. The van der Waals surface area contributed by atoms with Gasteiger partial charge in [-0.05, 0) is 38.4 Å². The Morgan fingerprint density at radius 3 is 2.75 bits per heavy atom. The van der Waals surface area contributed by atoms with E-state index in [1.807, 2.05) is 0 Å². The highest BCUT2D eigenvalue weighted by Crippen LogP contribution is 2.23. The minimum atomic E-state index is 0.234. The SMILES string of the molecule is CCCNCc1cc(N2C[C@@H](C)O[C@@H](C)C2)ncc1Cl. The molecule has 20 heavy (non-hydrogen) atoms. The first-order valence-electron chi connectivity index (χ1n) is 7.35. The molecule has 2 heterocycles. The lowest BCUT2D eigenvalue weighted by Gasteiger charge is -2.36. The van der Waals surface area contributed by atoms with Crippen LogP contribution in [-0.2, 0) is 11.3 Å². The van der Waals surface area contributed by atoms with Gasteiger partial charge in [0.15, 0.2) is 0 Å². The maximum Gasteiger partial charge on any atom is 0.129 e. The number of rotatable bonds is 5. The van der Waals surface area contributed by atoms with E-state index in [4.69, 9.17) is 16.3 Å². The van der Waals surface area contributed by atoms with E-state index >= 15 is 0 Å². The summed E-state index contributed by atoms with van der Waals surface area (Å²) >= 11 is 6.23. The highest BCUT2D eigenvalue weighted by molar-refractivity contribution is 6.31. The molecule has 2 rings (SSSR count). The van der Waals surface area contributed by atoms with Crippen LogP contribution in [-0.4, -0.2) is 36.8 Å². The van der Waals surface area contributed by atoms with Gasteiger partial charge < -0.3 is 15.0 Å². The Balaban J connectivity index is 2.09. The molecule has 0 spiro atoms. The predicted octanol–water partition coefficient (Wildman–Crippen LogP) is 2.85. The van der Waals surface area contributed by atoms with E-state index in [1.54, 1.807) is 6.20 Å². The molecule has 1 saturated heterocycles. The number of anilines is 1. The van der Waals surface area contributed by atoms with Gasteiger partial charge in [-0.2, -0.15) is 0 Å². The van der Waals surface area contributed by atoms with Crippen LogP contribution in [0, 0.1) is 0 Å². The van der Waals surface area contributed by atoms with E-state index in [0.717, 1.165) is 49.0 Å². The van der Waals surface area contributed by atoms with Gasteiger partial charge in [-0.25, -0.2) is 4.98 Å². The molecule has 1 fully saturated rings. The molecule has 1 aliphatic rings. The second-order valence-corrected chi connectivity index (χ2v) is 5.88. The Labute approximate surface area is 126 Å². The van der Waals surface area contributed by atoms with Gasteiger partial charge in [0.05, 0.1) is 17.2 Å². The van der Waals surface area contributed by atoms with Crippen molar-refractivity contribution in [2.24, 2.45) is 0 Å². The number of hydrogen-bond acceptors (Lipinski definition) is 4. The molecule has 112 valence electrons. The number of ether oxygens (including phenoxy) is 1. The first-order valence-corrected chi connectivity index (χ1v) is 7.73. The zero-order valence-electron chi connectivity index (χ0n) is 12.5. The summed E-state index contributed by atoms with van der Waals surface area (Å²) in [6.45, 7) is 9.90. The Morgan fingerprint density at radius 1 is 1.40 bits per heavy atom. The maximum absolute atomic E-state index is 6.23. The minimum Gasteiger partial charge on any atom is -0.372 e. The number of morpholine rings is 1. The highest BCUT2D eigenvalue weighted by Gasteiger charge is 2.23. The van der Waals surface area contributed by atoms with Crippen molar-refractivity contribution in [2.75, 3.05) is 24.5 Å². The van der Waals surface area contributed by atoms with Crippen LogP contribution in [0.1, 0.15) is 32.8 Å². The molecule has 5 heteroatoms. The van der Waals surface area contributed by atoms with Crippen molar-refractivity contribution in [3.05, 3.63) is 22.8 Å². The Morgan fingerprint density at radius 2 is 2.10 bits per heavy atom. The lowest BCUT2D eigenvalue weighted by Crippen LogP contribution is -2.45. The van der Waals surface area contributed by atoms with Crippen molar-refractivity contribution in [2.45, 2.75) is 45.9 Å². The second-order valence-electron chi connectivity index (χ2n) is 5.47. The molecule has 0 bridgehead atoms. The van der Waals surface area contributed by atoms with Crippen LogP contribution >= 0.6 is 11.6 Å². The molecular formula is C15H24ClN3O. The van der Waals surface area contributed by atoms with E-state index in [1.165, 1.54) is 0 Å². The van der Waals surface area contributed by atoms with Crippen molar-refractivity contribution in [3.63, 3.8) is 0 Å². The molecule has 2 atom stereocenters. The third-order valence-corrected chi connectivity index (χ3v) is 3.75. The quantitative estimate of drug-likeness (QED) is 0.848. The van der Waals surface area contributed by atoms with E-state index in [2.05, 4.69) is 42.0 Å². The summed E-state index contributed by atoms with van der Waals surface area (Å²) in [6, 6.07) is 2.09. The molecule has 0 aliphatic carbocycles. The fourth-order valence-electron chi connectivity index (χ4n) is 2.54. The summed E-state index contributed by atoms with van der Waals surface area (Å²) in [5, 5.41) is 4.11. The van der Waals surface area contributed by atoms with Crippen molar-refractivity contribution in [3.8, 4) is 0 Å². The smallest absolute Gasteiger partial charge is 0.129 e. The largest absolute Gasteiger partial charge is 0.372 e. The summed E-state index contributed by atoms with van der Waals surface area (Å²) in [6.07, 6.45) is 3.34. The van der Waals surface area contributed by atoms with Crippen LogP contribution < -0.4 is 10.2 Å². The number of pyridine rings is 1. The van der Waals surface area contributed by atoms with Crippen LogP contribution in [0.5, 0.6) is 0 Å². The average molecular weight is 298 g/mol. The number of aromatic nitrogens is 1. The van der Waals surface area contributed by atoms with Gasteiger partial charge in [-0.3, -0.25) is 0 Å². The predicted molar refractivity (Wildman–Crippen MR) is 83.5 cm³/mol. The van der Waals surface area contributed by atoms with Crippen LogP contribution in [0.3, 0.4) is 0 Å². The topological polar surface area (TPSA) is 37.4 Å². The van der Waals surface area contributed by atoms with Crippen LogP contribution in [0.2, 0.25) is 5.02 Å². The molecular weight excluding hydrogens is 274 g/mol. The molecule has 4 nitrogen and oxygen atoms in total. The molecule has 0 aromatic carbocycles. The number of nitrogens with zero attached hydrogens (tertiary/aromatic N) is 2. The van der Waals surface area contributed by atoms with Gasteiger partial charge in [0.2, 0.25) is 0 Å². The third kappa shape index (κ3) is 4.08. The van der Waals surface area contributed by atoms with Crippen molar-refractivity contribution in [1.82, 2.24) is 10.3 Å². The Hall–Kier alpha value is -0.840. The van der Waals surface area contributed by atoms with Gasteiger partial charge in [0.1, 0.15) is 5.82 Å². The van der Waals surface area contributed by atoms with Crippen LogP contribution in [0.4, 0.5) is 5.82 Å². The van der Waals surface area contributed by atoms with Crippen LogP contribution in [0.25, 0.3) is 0 Å². The van der Waals surface area contributed by atoms with Gasteiger partial charge in [0, 0.05) is 25.8 Å². The molecule has 0 saturated carbocycles. The molecule has 0 amide bonds. The first kappa shape index (κ1) is 15.5. The Kier molecular flexibility index (Phi) is 5.64. The number of nitrogens with one attached hydrogen (secondary N) is 1. The zero-order valence-corrected chi connectivity index (χ0v) is 13.3. The van der Waals surface area contributed by atoms with Crippen molar-refractivity contribution in [1.29, 1.82) is 0 Å². The molecule has 1 aromatic rings. The van der Waals surface area contributed by atoms with Gasteiger partial charge in [-0.1, -0.05) is 18.5 Å². The zero-order chi connectivity index (χ0) is 14.5. The average Bonchev–Trinajstić information content (AvgIpc) is 2.40. The van der Waals surface area contributed by atoms with Gasteiger partial charge >= 0.3 is 0 Å². The molecule has 1 aliphatic heterocycles. The van der Waals surface area contributed by atoms with Gasteiger partial charge in [-0.15, -0.1) is 0 Å². The third-order valence-electron chi connectivity index (χ3n) is 3.41. The summed E-state index contributed by atoms with van der Waals surface area (Å²) in [5.74, 6) is 0.990. The van der Waals surface area contributed by atoms with Gasteiger partial charge in [0.25, 0.3) is 0 Å². The Bertz CT molecular complexity index is 431. The summed E-state index contributed by atoms with van der Waals surface area (Å²) in [4.78, 5) is 6.75. The van der Waals surface area contributed by atoms with Crippen LogP contribution in [0.15, 0.2) is 12.3 Å². The summed E-state index contributed by atoms with van der Waals surface area (Å²) < 4.78 is 5.76. The standard InChI is InChI=1S/C15H24ClN3O/c1-4-5-17-7-13-6-15(18-8-14(13)16)19-9-11(2)20-12(3)10-19/h6,8,11-12,17H,4-5,7,9-10H2,1-3H3/t11-,12+. The molecule has 0 radical (unpaired) electrons. The summed E-state index contributed by atoms with van der Waals surface area (Å²) in [5.41, 5.74) is 1.11. The molecule has 1 aromatic heterocycles. The monoisotopic (exact) mass is 297 g/mol. The lowest BCUT2D eigenvalue weighted by molar-refractivity contribution is -0.00546. The number of hydrogen-bond donors (Lipinski definition) is 1. The maximum atomic E-state index is 6.23. The van der Waals surface area contributed by atoms with E-state index < -0.39 is 0 Å². The van der Waals surface area contributed by atoms with E-state index in [0.29, 0.717) is 0 Å². The minimum absolute atomic E-state index is 0.234.